The van der Waals surface area contributed by atoms with Crippen molar-refractivity contribution in [1.29, 1.82) is 0 Å². The molecule has 0 atom stereocenters. The Hall–Kier alpha value is -4.88. The summed E-state index contributed by atoms with van der Waals surface area (Å²) in [5, 5.41) is 33.8. The molecule has 4 aromatic rings. The van der Waals surface area contributed by atoms with Gasteiger partial charge in [0.25, 0.3) is 0 Å². The second-order valence-electron chi connectivity index (χ2n) is 10.4. The summed E-state index contributed by atoms with van der Waals surface area (Å²) < 4.78 is 18.7. The molecule has 0 fully saturated rings. The van der Waals surface area contributed by atoms with Crippen LogP contribution in [-0.4, -0.2) is 74.5 Å². The van der Waals surface area contributed by atoms with E-state index in [0.717, 1.165) is 37.3 Å². The number of hydrogen-bond donors (Lipinski definition) is 4. The highest BCUT2D eigenvalue weighted by Crippen LogP contribution is 2.23. The number of aliphatic carboxylic acids is 3. The topological polar surface area (TPSA) is 171 Å². The second-order valence-corrected chi connectivity index (χ2v) is 10.4. The lowest BCUT2D eigenvalue weighted by Gasteiger charge is -2.23. The molecule has 3 heterocycles. The van der Waals surface area contributed by atoms with Crippen molar-refractivity contribution in [3.8, 4) is 5.69 Å². The van der Waals surface area contributed by atoms with E-state index in [1.807, 2.05) is 36.9 Å². The van der Waals surface area contributed by atoms with Gasteiger partial charge < -0.3 is 29.6 Å². The Labute approximate surface area is 253 Å². The third kappa shape index (κ3) is 9.57. The van der Waals surface area contributed by atoms with Gasteiger partial charge in [-0.05, 0) is 50.1 Å². The molecule has 0 aliphatic rings. The first kappa shape index (κ1) is 33.6. The molecule has 0 saturated carbocycles. The molecule has 3 aromatic heterocycles. The van der Waals surface area contributed by atoms with Crippen LogP contribution in [0.25, 0.3) is 5.69 Å². The number of imidazole rings is 1. The van der Waals surface area contributed by atoms with E-state index >= 15 is 0 Å². The molecule has 0 bridgehead atoms. The molecular weight excluding hydrogens is 573 g/mol. The molecule has 4 N–H and O–H groups in total. The van der Waals surface area contributed by atoms with E-state index in [1.54, 1.807) is 18.5 Å². The molecule has 0 aliphatic heterocycles. The smallest absolute Gasteiger partial charge is 0.336 e. The predicted molar refractivity (Wildman–Crippen MR) is 157 cm³/mol. The molecular formula is C31H36FN5O7. The average molecular weight is 610 g/mol. The number of aliphatic hydroxyl groups is 1. The summed E-state index contributed by atoms with van der Waals surface area (Å²) in [6.45, 7) is 7.35. The molecule has 4 rings (SSSR count). The Morgan fingerprint density at radius 1 is 0.932 bits per heavy atom. The minimum atomic E-state index is -2.74. The number of carboxylic acid groups (broad SMARTS) is 3. The van der Waals surface area contributed by atoms with Crippen molar-refractivity contribution < 1.29 is 39.2 Å². The summed E-state index contributed by atoms with van der Waals surface area (Å²) in [7, 11) is 0. The fourth-order valence-electron chi connectivity index (χ4n) is 4.81. The molecule has 0 radical (unpaired) electrons. The first-order chi connectivity index (χ1) is 20.9. The zero-order valence-corrected chi connectivity index (χ0v) is 24.5. The van der Waals surface area contributed by atoms with Crippen LogP contribution in [0, 0.1) is 19.7 Å². The molecule has 13 heteroatoms. The van der Waals surface area contributed by atoms with E-state index in [-0.39, 0.29) is 5.82 Å². The van der Waals surface area contributed by atoms with Crippen LogP contribution in [0.1, 0.15) is 41.8 Å². The Kier molecular flexibility index (Phi) is 11.9. The van der Waals surface area contributed by atoms with Crippen LogP contribution < -0.4 is 0 Å². The molecule has 0 aliphatic carbocycles. The van der Waals surface area contributed by atoms with Crippen molar-refractivity contribution in [1.82, 2.24) is 24.0 Å². The number of benzene rings is 1. The lowest BCUT2D eigenvalue weighted by molar-refractivity contribution is -0.170. The molecule has 0 saturated heterocycles. The zero-order chi connectivity index (χ0) is 32.3. The van der Waals surface area contributed by atoms with Crippen LogP contribution in [0.2, 0.25) is 0 Å². The highest BCUT2D eigenvalue weighted by molar-refractivity contribution is 5.88. The van der Waals surface area contributed by atoms with E-state index in [9.17, 15) is 18.8 Å². The first-order valence-electron chi connectivity index (χ1n) is 13.8. The molecule has 44 heavy (non-hydrogen) atoms. The van der Waals surface area contributed by atoms with Crippen LogP contribution >= 0.6 is 0 Å². The third-order valence-corrected chi connectivity index (χ3v) is 6.92. The van der Waals surface area contributed by atoms with Crippen LogP contribution in [0.4, 0.5) is 4.39 Å². The normalized spacial score (nSPS) is 11.2. The SMILES string of the molecule is Cc1cc(CN(CCCn2ccnc2)Cc2ccccc2F)c(C)n1-c1cccnc1.O=C(O)CC(O)(CC(=O)O)C(=O)O. The van der Waals surface area contributed by atoms with Gasteiger partial charge in [0.1, 0.15) is 5.82 Å². The summed E-state index contributed by atoms with van der Waals surface area (Å²) in [6.07, 6.45) is 7.95. The summed E-state index contributed by atoms with van der Waals surface area (Å²) in [6, 6.07) is 13.3. The molecule has 0 amide bonds. The highest BCUT2D eigenvalue weighted by atomic mass is 19.1. The van der Waals surface area contributed by atoms with Crippen molar-refractivity contribution >= 4 is 17.9 Å². The lowest BCUT2D eigenvalue weighted by atomic mass is 9.96. The standard InChI is InChI=1S/C25H28FN5.C6H8O7/c1-20-15-23(21(2)31(20)24-8-5-10-27-16-24)18-30(13-6-12-29-14-11-28-19-29)17-22-7-3-4-9-25(22)26;7-3(8)1-6(13,5(11)12)2-4(9)10/h3-5,7-11,14-16,19H,6,12-13,17-18H2,1-2H3;13H,1-2H2,(H,7,8)(H,9,10)(H,11,12). The maximum absolute atomic E-state index is 14.4. The summed E-state index contributed by atoms with van der Waals surface area (Å²) in [5.41, 5.74) is 2.66. The number of halogens is 1. The van der Waals surface area contributed by atoms with Gasteiger partial charge in [-0.3, -0.25) is 19.5 Å². The summed E-state index contributed by atoms with van der Waals surface area (Å²) in [5.74, 6) is -5.17. The number of aryl methyl sites for hydroxylation is 2. The maximum atomic E-state index is 14.4. The fraction of sp³-hybridized carbons (Fsp3) is 0.323. The quantitative estimate of drug-likeness (QED) is 0.165. The molecule has 234 valence electrons. The van der Waals surface area contributed by atoms with Crippen molar-refractivity contribution in [3.63, 3.8) is 0 Å². The number of carbonyl (C=O) groups is 3. The fourth-order valence-corrected chi connectivity index (χ4v) is 4.81. The zero-order valence-electron chi connectivity index (χ0n) is 24.5. The number of hydrogen-bond acceptors (Lipinski definition) is 7. The summed E-state index contributed by atoms with van der Waals surface area (Å²) in [4.78, 5) is 41.2. The monoisotopic (exact) mass is 609 g/mol. The summed E-state index contributed by atoms with van der Waals surface area (Å²) >= 11 is 0. The number of aromatic nitrogens is 4. The van der Waals surface area contributed by atoms with Gasteiger partial charge in [-0.15, -0.1) is 0 Å². The number of nitrogens with zero attached hydrogens (tertiary/aromatic N) is 5. The second kappa shape index (κ2) is 15.5. The van der Waals surface area contributed by atoms with Crippen molar-refractivity contribution in [2.24, 2.45) is 0 Å². The Morgan fingerprint density at radius 2 is 1.61 bits per heavy atom. The van der Waals surface area contributed by atoms with Gasteiger partial charge in [-0.2, -0.15) is 0 Å². The number of pyridine rings is 1. The number of carboxylic acids is 3. The van der Waals surface area contributed by atoms with Crippen molar-refractivity contribution in [3.05, 3.63) is 102 Å². The van der Waals surface area contributed by atoms with E-state index in [1.165, 1.54) is 23.0 Å². The minimum absolute atomic E-state index is 0.150. The Balaban J connectivity index is 0.000000345. The van der Waals surface area contributed by atoms with Crippen molar-refractivity contribution in [2.75, 3.05) is 6.54 Å². The van der Waals surface area contributed by atoms with Gasteiger partial charge in [0.15, 0.2) is 5.60 Å². The van der Waals surface area contributed by atoms with E-state index in [4.69, 9.17) is 20.4 Å². The minimum Gasteiger partial charge on any atom is -0.481 e. The first-order valence-corrected chi connectivity index (χ1v) is 13.8. The van der Waals surface area contributed by atoms with E-state index in [0.29, 0.717) is 6.54 Å². The van der Waals surface area contributed by atoms with Crippen LogP contribution in [0.5, 0.6) is 0 Å². The molecule has 0 unspecified atom stereocenters. The van der Waals surface area contributed by atoms with Crippen LogP contribution in [-0.2, 0) is 34.0 Å². The van der Waals surface area contributed by atoms with Gasteiger partial charge in [0, 0.05) is 61.7 Å². The molecule has 1 aromatic carbocycles. The van der Waals surface area contributed by atoms with Gasteiger partial charge in [0.05, 0.1) is 31.1 Å². The largest absolute Gasteiger partial charge is 0.481 e. The average Bonchev–Trinajstić information content (AvgIpc) is 3.57. The van der Waals surface area contributed by atoms with Gasteiger partial charge in [0.2, 0.25) is 0 Å². The van der Waals surface area contributed by atoms with Gasteiger partial charge in [-0.25, -0.2) is 14.2 Å². The third-order valence-electron chi connectivity index (χ3n) is 6.92. The van der Waals surface area contributed by atoms with E-state index in [2.05, 4.69) is 50.0 Å². The number of rotatable bonds is 14. The van der Waals surface area contributed by atoms with E-state index < -0.39 is 36.4 Å². The van der Waals surface area contributed by atoms with Gasteiger partial charge >= 0.3 is 17.9 Å². The predicted octanol–water partition coefficient (Wildman–Crippen LogP) is 3.67. The Bertz CT molecular complexity index is 1520. The van der Waals surface area contributed by atoms with Crippen LogP contribution in [0.15, 0.2) is 73.6 Å². The molecule has 12 nitrogen and oxygen atoms in total. The van der Waals surface area contributed by atoms with Crippen molar-refractivity contribution in [2.45, 2.75) is 58.3 Å². The lowest BCUT2D eigenvalue weighted by Crippen LogP contribution is -2.42. The van der Waals surface area contributed by atoms with Gasteiger partial charge in [-0.1, -0.05) is 18.2 Å². The Morgan fingerprint density at radius 3 is 2.18 bits per heavy atom. The van der Waals surface area contributed by atoms with Crippen LogP contribution in [0.3, 0.4) is 0 Å². The highest BCUT2D eigenvalue weighted by Gasteiger charge is 2.40. The maximum Gasteiger partial charge on any atom is 0.336 e. The molecule has 0 spiro atoms.